The number of hydrogen-bond donors (Lipinski definition) is 0. The van der Waals surface area contributed by atoms with E-state index in [1.165, 1.54) is 55.6 Å². The summed E-state index contributed by atoms with van der Waals surface area (Å²) in [7, 11) is 2.20. The average molecular weight is 530 g/mol. The van der Waals surface area contributed by atoms with Gasteiger partial charge in [0.25, 0.3) is 0 Å². The number of rotatable bonds is 8. The van der Waals surface area contributed by atoms with Gasteiger partial charge in [-0.3, -0.25) is 4.90 Å². The van der Waals surface area contributed by atoms with Crippen molar-refractivity contribution in [2.75, 3.05) is 7.05 Å². The van der Waals surface area contributed by atoms with E-state index in [2.05, 4.69) is 177 Å². The van der Waals surface area contributed by atoms with Crippen LogP contribution in [0.15, 0.2) is 158 Å². The smallest absolute Gasteiger partial charge is 0.0320 e. The minimum Gasteiger partial charge on any atom is -0.295 e. The van der Waals surface area contributed by atoms with E-state index in [1.54, 1.807) is 0 Å². The monoisotopic (exact) mass is 529 g/mol. The van der Waals surface area contributed by atoms with Crippen molar-refractivity contribution >= 4 is 0 Å². The molecule has 0 aliphatic heterocycles. The summed E-state index contributed by atoms with van der Waals surface area (Å²) in [5.74, 6) is 0. The molecule has 200 valence electrons. The molecule has 1 atom stereocenters. The van der Waals surface area contributed by atoms with Gasteiger partial charge in [-0.05, 0) is 81.7 Å². The Morgan fingerprint density at radius 3 is 1.56 bits per heavy atom. The third kappa shape index (κ3) is 5.91. The first-order valence-corrected chi connectivity index (χ1v) is 14.4. The van der Waals surface area contributed by atoms with Crippen molar-refractivity contribution in [3.8, 4) is 44.5 Å². The fourth-order valence-corrected chi connectivity index (χ4v) is 5.68. The molecule has 41 heavy (non-hydrogen) atoms. The fraction of sp³-hybridized carbons (Fsp3) is 0.100. The van der Waals surface area contributed by atoms with Crippen molar-refractivity contribution in [3.63, 3.8) is 0 Å². The second-order valence-corrected chi connectivity index (χ2v) is 10.7. The van der Waals surface area contributed by atoms with Gasteiger partial charge in [0.2, 0.25) is 0 Å². The van der Waals surface area contributed by atoms with Crippen molar-refractivity contribution in [1.82, 2.24) is 4.90 Å². The van der Waals surface area contributed by atoms with Crippen molar-refractivity contribution in [2.45, 2.75) is 19.5 Å². The van der Waals surface area contributed by atoms with Crippen molar-refractivity contribution in [3.05, 3.63) is 169 Å². The van der Waals surface area contributed by atoms with Gasteiger partial charge in [0.05, 0.1) is 0 Å². The Balaban J connectivity index is 1.32. The highest BCUT2D eigenvalue weighted by Crippen LogP contribution is 2.39. The van der Waals surface area contributed by atoms with Gasteiger partial charge in [-0.1, -0.05) is 146 Å². The van der Waals surface area contributed by atoms with Gasteiger partial charge in [-0.15, -0.1) is 0 Å². The summed E-state index contributed by atoms with van der Waals surface area (Å²) in [6.45, 7) is 3.17. The third-order valence-corrected chi connectivity index (χ3v) is 8.04. The van der Waals surface area contributed by atoms with Crippen LogP contribution in [0.5, 0.6) is 0 Å². The van der Waals surface area contributed by atoms with Gasteiger partial charge < -0.3 is 0 Å². The molecule has 0 aromatic heterocycles. The van der Waals surface area contributed by atoms with Crippen LogP contribution in [0.4, 0.5) is 0 Å². The Labute approximate surface area is 244 Å². The molecule has 0 heterocycles. The average Bonchev–Trinajstić information content (AvgIpc) is 3.05. The third-order valence-electron chi connectivity index (χ3n) is 8.04. The van der Waals surface area contributed by atoms with Crippen LogP contribution in [0.1, 0.15) is 24.1 Å². The molecule has 0 aliphatic rings. The lowest BCUT2D eigenvalue weighted by Crippen LogP contribution is -2.21. The molecule has 0 radical (unpaired) electrons. The molecular formula is C40H35N. The van der Waals surface area contributed by atoms with Crippen LogP contribution in [0.25, 0.3) is 44.5 Å². The van der Waals surface area contributed by atoms with Crippen molar-refractivity contribution in [2.24, 2.45) is 0 Å². The number of benzene rings is 6. The molecule has 0 N–H and O–H groups in total. The summed E-state index contributed by atoms with van der Waals surface area (Å²) in [5.41, 5.74) is 12.6. The maximum absolute atomic E-state index is 2.41. The highest BCUT2D eigenvalue weighted by molar-refractivity contribution is 5.92. The Morgan fingerprint density at radius 1 is 0.439 bits per heavy atom. The second-order valence-electron chi connectivity index (χ2n) is 10.7. The molecular weight excluding hydrogens is 494 g/mol. The molecule has 6 rings (SSSR count). The van der Waals surface area contributed by atoms with Gasteiger partial charge >= 0.3 is 0 Å². The normalized spacial score (nSPS) is 11.9. The molecule has 6 aromatic rings. The van der Waals surface area contributed by atoms with Crippen LogP contribution in [0.3, 0.4) is 0 Å². The Bertz CT molecular complexity index is 1740. The van der Waals surface area contributed by atoms with E-state index in [4.69, 9.17) is 0 Å². The molecule has 1 heteroatoms. The highest BCUT2D eigenvalue weighted by atomic mass is 15.1. The van der Waals surface area contributed by atoms with Crippen molar-refractivity contribution < 1.29 is 0 Å². The Hall–Kier alpha value is -4.72. The van der Waals surface area contributed by atoms with E-state index in [1.807, 2.05) is 0 Å². The minimum atomic E-state index is 0.346. The van der Waals surface area contributed by atoms with Gasteiger partial charge in [0, 0.05) is 12.6 Å². The van der Waals surface area contributed by atoms with E-state index in [0.717, 1.165) is 6.54 Å². The minimum absolute atomic E-state index is 0.346. The maximum atomic E-state index is 2.41. The van der Waals surface area contributed by atoms with Crippen LogP contribution in [-0.2, 0) is 6.54 Å². The fourth-order valence-electron chi connectivity index (χ4n) is 5.68. The quantitative estimate of drug-likeness (QED) is 0.189. The van der Waals surface area contributed by atoms with Crippen LogP contribution in [-0.4, -0.2) is 11.9 Å². The van der Waals surface area contributed by atoms with Crippen LogP contribution < -0.4 is 0 Å². The summed E-state index contributed by atoms with van der Waals surface area (Å²) in [6.07, 6.45) is 0. The van der Waals surface area contributed by atoms with E-state index >= 15 is 0 Å². The SMILES string of the molecule is CC(c1ccccc1)N(C)Cc1cccc(-c2cccc(-c3ccccc3-c3ccccc3-c3ccccc3)c2)c1. The molecule has 1 unspecified atom stereocenters. The van der Waals surface area contributed by atoms with Gasteiger partial charge in [-0.2, -0.15) is 0 Å². The lowest BCUT2D eigenvalue weighted by Gasteiger charge is -2.25. The molecule has 0 spiro atoms. The molecule has 0 saturated carbocycles. The molecule has 6 aromatic carbocycles. The van der Waals surface area contributed by atoms with E-state index in [9.17, 15) is 0 Å². The first-order valence-electron chi connectivity index (χ1n) is 14.4. The topological polar surface area (TPSA) is 3.24 Å². The standard InChI is InChI=1S/C40H35N/c1-30(32-16-5-3-6-17-32)41(2)29-31-15-13-20-34(27-31)35-21-14-22-36(28-35)38-24-10-12-26-40(38)39-25-11-9-23-37(39)33-18-7-4-8-19-33/h3-28,30H,29H2,1-2H3. The summed E-state index contributed by atoms with van der Waals surface area (Å²) < 4.78 is 0. The summed E-state index contributed by atoms with van der Waals surface area (Å²) in [5, 5.41) is 0. The van der Waals surface area contributed by atoms with Gasteiger partial charge in [0.1, 0.15) is 0 Å². The van der Waals surface area contributed by atoms with E-state index < -0.39 is 0 Å². The van der Waals surface area contributed by atoms with Crippen LogP contribution in [0, 0.1) is 0 Å². The molecule has 0 saturated heterocycles. The zero-order valence-electron chi connectivity index (χ0n) is 23.7. The van der Waals surface area contributed by atoms with E-state index in [0.29, 0.717) is 6.04 Å². The van der Waals surface area contributed by atoms with E-state index in [-0.39, 0.29) is 0 Å². The van der Waals surface area contributed by atoms with Crippen LogP contribution >= 0.6 is 0 Å². The zero-order valence-corrected chi connectivity index (χ0v) is 23.7. The summed E-state index contributed by atoms with van der Waals surface area (Å²) in [6, 6.07) is 57.2. The summed E-state index contributed by atoms with van der Waals surface area (Å²) in [4.78, 5) is 2.41. The summed E-state index contributed by atoms with van der Waals surface area (Å²) >= 11 is 0. The molecule has 0 amide bonds. The first-order chi connectivity index (χ1) is 20.2. The van der Waals surface area contributed by atoms with Gasteiger partial charge in [0.15, 0.2) is 0 Å². The van der Waals surface area contributed by atoms with Crippen molar-refractivity contribution in [1.29, 1.82) is 0 Å². The largest absolute Gasteiger partial charge is 0.295 e. The Kier molecular flexibility index (Phi) is 7.89. The number of hydrogen-bond acceptors (Lipinski definition) is 1. The zero-order chi connectivity index (χ0) is 28.0. The second kappa shape index (κ2) is 12.2. The predicted octanol–water partition coefficient (Wildman–Crippen LogP) is 10.5. The lowest BCUT2D eigenvalue weighted by molar-refractivity contribution is 0.253. The Morgan fingerprint density at radius 2 is 0.902 bits per heavy atom. The number of nitrogens with zero attached hydrogens (tertiary/aromatic N) is 1. The molecule has 0 fully saturated rings. The lowest BCUT2D eigenvalue weighted by atomic mass is 9.88. The molecule has 0 bridgehead atoms. The highest BCUT2D eigenvalue weighted by Gasteiger charge is 2.14. The van der Waals surface area contributed by atoms with Gasteiger partial charge in [-0.25, -0.2) is 0 Å². The maximum Gasteiger partial charge on any atom is 0.0320 e. The predicted molar refractivity (Wildman–Crippen MR) is 175 cm³/mol. The molecule has 1 nitrogen and oxygen atoms in total. The first kappa shape index (κ1) is 26.5. The van der Waals surface area contributed by atoms with Crippen LogP contribution in [0.2, 0.25) is 0 Å². The molecule has 0 aliphatic carbocycles.